The molecule has 1 fully saturated rings. The second-order valence-corrected chi connectivity index (χ2v) is 6.72. The molecule has 0 bridgehead atoms. The lowest BCUT2D eigenvalue weighted by Crippen LogP contribution is -2.41. The molecule has 1 saturated heterocycles. The van der Waals surface area contributed by atoms with Gasteiger partial charge in [-0.05, 0) is 31.9 Å². The number of benzene rings is 1. The molecule has 1 unspecified atom stereocenters. The van der Waals surface area contributed by atoms with Crippen molar-refractivity contribution in [2.75, 3.05) is 60.2 Å². The summed E-state index contributed by atoms with van der Waals surface area (Å²) in [5.74, 6) is 2.36. The van der Waals surface area contributed by atoms with Gasteiger partial charge in [0.1, 0.15) is 12.4 Å². The van der Waals surface area contributed by atoms with Gasteiger partial charge in [-0.3, -0.25) is 4.99 Å². The van der Waals surface area contributed by atoms with Crippen molar-refractivity contribution in [1.29, 1.82) is 0 Å². The Morgan fingerprint density at radius 1 is 1.31 bits per heavy atom. The van der Waals surface area contributed by atoms with E-state index in [0.717, 1.165) is 64.1 Å². The van der Waals surface area contributed by atoms with E-state index in [1.165, 1.54) is 5.56 Å². The second-order valence-electron chi connectivity index (χ2n) is 6.72. The minimum Gasteiger partial charge on any atom is -0.492 e. The van der Waals surface area contributed by atoms with Crippen molar-refractivity contribution in [2.24, 2.45) is 10.9 Å². The number of aliphatic imine (C=N–C) groups is 1. The normalized spacial score (nSPS) is 17.3. The number of guanidine groups is 1. The third-order valence-corrected chi connectivity index (χ3v) is 4.42. The largest absolute Gasteiger partial charge is 0.492 e. The Balaban J connectivity index is 1.54. The molecular weight excluding hydrogens is 330 g/mol. The van der Waals surface area contributed by atoms with Crippen LogP contribution in [0.4, 0.5) is 0 Å². The molecule has 146 valence electrons. The highest BCUT2D eigenvalue weighted by atomic mass is 16.5. The molecule has 0 spiro atoms. The molecule has 1 atom stereocenters. The Labute approximate surface area is 157 Å². The lowest BCUT2D eigenvalue weighted by atomic mass is 10.1. The molecule has 0 radical (unpaired) electrons. The van der Waals surface area contributed by atoms with Crippen LogP contribution in [-0.4, -0.2) is 71.1 Å². The summed E-state index contributed by atoms with van der Waals surface area (Å²) in [4.78, 5) is 6.40. The van der Waals surface area contributed by atoms with Crippen molar-refractivity contribution in [1.82, 2.24) is 10.2 Å². The van der Waals surface area contributed by atoms with Crippen LogP contribution in [-0.2, 0) is 9.47 Å². The van der Waals surface area contributed by atoms with Gasteiger partial charge in [0.25, 0.3) is 0 Å². The van der Waals surface area contributed by atoms with Crippen LogP contribution in [0.1, 0.15) is 18.4 Å². The number of hydrogen-bond acceptors (Lipinski definition) is 4. The van der Waals surface area contributed by atoms with Crippen LogP contribution < -0.4 is 10.1 Å². The van der Waals surface area contributed by atoms with Gasteiger partial charge in [-0.15, -0.1) is 0 Å². The molecule has 1 aliphatic rings. The zero-order chi connectivity index (χ0) is 18.6. The highest BCUT2D eigenvalue weighted by molar-refractivity contribution is 5.79. The van der Waals surface area contributed by atoms with E-state index in [9.17, 15) is 0 Å². The maximum atomic E-state index is 5.78. The first-order valence-corrected chi connectivity index (χ1v) is 9.46. The molecule has 1 N–H and O–H groups in total. The predicted octanol–water partition coefficient (Wildman–Crippen LogP) is 2.32. The van der Waals surface area contributed by atoms with Crippen molar-refractivity contribution < 1.29 is 14.2 Å². The summed E-state index contributed by atoms with van der Waals surface area (Å²) in [6.07, 6.45) is 2.08. The SMILES string of the molecule is CN=C(NCCCOCC1CCOC1)N(C)CCOc1ccc(C)cc1. The number of rotatable bonds is 10. The molecule has 6 heteroatoms. The molecule has 26 heavy (non-hydrogen) atoms. The summed E-state index contributed by atoms with van der Waals surface area (Å²) in [5.41, 5.74) is 1.24. The standard InChI is InChI=1S/C20H33N3O3/c1-17-5-7-19(8-6-17)26-14-11-23(3)20(21-2)22-10-4-12-24-15-18-9-13-25-16-18/h5-8,18H,4,9-16H2,1-3H3,(H,21,22). The number of nitrogens with one attached hydrogen (secondary N) is 1. The predicted molar refractivity (Wildman–Crippen MR) is 105 cm³/mol. The van der Waals surface area contributed by atoms with Gasteiger partial charge in [0, 0.05) is 39.8 Å². The Morgan fingerprint density at radius 3 is 2.81 bits per heavy atom. The van der Waals surface area contributed by atoms with Crippen LogP contribution in [0.2, 0.25) is 0 Å². The van der Waals surface area contributed by atoms with Crippen LogP contribution in [0.25, 0.3) is 0 Å². The molecule has 6 nitrogen and oxygen atoms in total. The Kier molecular flexibility index (Phi) is 9.28. The van der Waals surface area contributed by atoms with Crippen molar-refractivity contribution in [2.45, 2.75) is 19.8 Å². The maximum absolute atomic E-state index is 5.78. The van der Waals surface area contributed by atoms with Crippen LogP contribution in [0.5, 0.6) is 5.75 Å². The zero-order valence-electron chi connectivity index (χ0n) is 16.4. The molecule has 0 aliphatic carbocycles. The molecule has 0 saturated carbocycles. The van der Waals surface area contributed by atoms with E-state index in [4.69, 9.17) is 14.2 Å². The monoisotopic (exact) mass is 363 g/mol. The summed E-state index contributed by atoms with van der Waals surface area (Å²) in [6, 6.07) is 8.11. The number of nitrogens with zero attached hydrogens (tertiary/aromatic N) is 2. The van der Waals surface area contributed by atoms with Crippen molar-refractivity contribution >= 4 is 5.96 Å². The van der Waals surface area contributed by atoms with E-state index >= 15 is 0 Å². The molecule has 1 aliphatic heterocycles. The molecule has 2 rings (SSSR count). The van der Waals surface area contributed by atoms with Crippen LogP contribution in [0.15, 0.2) is 29.3 Å². The lowest BCUT2D eigenvalue weighted by molar-refractivity contribution is 0.0887. The van der Waals surface area contributed by atoms with Gasteiger partial charge >= 0.3 is 0 Å². The highest BCUT2D eigenvalue weighted by Gasteiger charge is 2.15. The van der Waals surface area contributed by atoms with Crippen molar-refractivity contribution in [3.05, 3.63) is 29.8 Å². The fourth-order valence-corrected chi connectivity index (χ4v) is 2.76. The molecule has 1 aromatic carbocycles. The second kappa shape index (κ2) is 11.8. The van der Waals surface area contributed by atoms with E-state index in [-0.39, 0.29) is 0 Å². The van der Waals surface area contributed by atoms with E-state index < -0.39 is 0 Å². The molecule has 1 heterocycles. The average molecular weight is 364 g/mol. The van der Waals surface area contributed by atoms with Gasteiger partial charge in [0.05, 0.1) is 19.8 Å². The van der Waals surface area contributed by atoms with Crippen LogP contribution >= 0.6 is 0 Å². The summed E-state index contributed by atoms with van der Waals surface area (Å²) in [6.45, 7) is 7.61. The first-order valence-electron chi connectivity index (χ1n) is 9.46. The van der Waals surface area contributed by atoms with Gasteiger partial charge in [-0.25, -0.2) is 0 Å². The lowest BCUT2D eigenvalue weighted by Gasteiger charge is -2.22. The topological polar surface area (TPSA) is 55.3 Å². The quantitative estimate of drug-likeness (QED) is 0.393. The van der Waals surface area contributed by atoms with Gasteiger partial charge in [-0.1, -0.05) is 17.7 Å². The first-order chi connectivity index (χ1) is 12.7. The van der Waals surface area contributed by atoms with Crippen molar-refractivity contribution in [3.8, 4) is 5.75 Å². The number of ether oxygens (including phenoxy) is 3. The molecule has 1 aromatic rings. The van der Waals surface area contributed by atoms with Gasteiger partial charge in [-0.2, -0.15) is 0 Å². The molecular formula is C20H33N3O3. The fourth-order valence-electron chi connectivity index (χ4n) is 2.76. The molecule has 0 aromatic heterocycles. The van der Waals surface area contributed by atoms with Gasteiger partial charge < -0.3 is 24.4 Å². The van der Waals surface area contributed by atoms with Gasteiger partial charge in [0.15, 0.2) is 5.96 Å². The Bertz CT molecular complexity index is 528. The van der Waals surface area contributed by atoms with Gasteiger partial charge in [0.2, 0.25) is 0 Å². The fraction of sp³-hybridized carbons (Fsp3) is 0.650. The van der Waals surface area contributed by atoms with E-state index in [2.05, 4.69) is 34.3 Å². The van der Waals surface area contributed by atoms with Crippen LogP contribution in [0, 0.1) is 12.8 Å². The number of aryl methyl sites for hydroxylation is 1. The summed E-state index contributed by atoms with van der Waals surface area (Å²) in [7, 11) is 3.82. The third kappa shape index (κ3) is 7.62. The summed E-state index contributed by atoms with van der Waals surface area (Å²) >= 11 is 0. The zero-order valence-corrected chi connectivity index (χ0v) is 16.4. The summed E-state index contributed by atoms with van der Waals surface area (Å²) < 4.78 is 16.8. The Hall–Kier alpha value is -1.79. The maximum Gasteiger partial charge on any atom is 0.193 e. The van der Waals surface area contributed by atoms with E-state index in [1.54, 1.807) is 7.05 Å². The van der Waals surface area contributed by atoms with E-state index in [1.807, 2.05) is 19.2 Å². The average Bonchev–Trinajstić information content (AvgIpc) is 3.16. The minimum absolute atomic E-state index is 0.579. The highest BCUT2D eigenvalue weighted by Crippen LogP contribution is 2.12. The number of likely N-dealkylation sites (N-methyl/N-ethyl adjacent to an activating group) is 1. The van der Waals surface area contributed by atoms with E-state index in [0.29, 0.717) is 12.5 Å². The third-order valence-electron chi connectivity index (χ3n) is 4.42. The Morgan fingerprint density at radius 2 is 2.12 bits per heavy atom. The first kappa shape index (κ1) is 20.5. The van der Waals surface area contributed by atoms with Crippen molar-refractivity contribution in [3.63, 3.8) is 0 Å². The molecule has 0 amide bonds. The smallest absolute Gasteiger partial charge is 0.193 e. The minimum atomic E-state index is 0.579. The summed E-state index contributed by atoms with van der Waals surface area (Å²) in [5, 5.41) is 3.37. The number of hydrogen-bond donors (Lipinski definition) is 1. The van der Waals surface area contributed by atoms with Crippen LogP contribution in [0.3, 0.4) is 0 Å².